The maximum absolute atomic E-state index is 12.9. The number of methoxy groups -OCH3 is 1. The van der Waals surface area contributed by atoms with Crippen molar-refractivity contribution >= 4 is 39.7 Å². The minimum Gasteiger partial charge on any atom is -0.495 e. The predicted octanol–water partition coefficient (Wildman–Crippen LogP) is 6.28. The second-order valence-electron chi connectivity index (χ2n) is 11.2. The largest absolute Gasteiger partial charge is 0.495 e. The summed E-state index contributed by atoms with van der Waals surface area (Å²) in [6.07, 6.45) is 9.65. The molecule has 3 aromatic heterocycles. The van der Waals surface area contributed by atoms with Crippen LogP contribution in [-0.4, -0.2) is 57.2 Å². The van der Waals surface area contributed by atoms with E-state index in [1.807, 2.05) is 42.4 Å². The summed E-state index contributed by atoms with van der Waals surface area (Å²) >= 11 is 0. The van der Waals surface area contributed by atoms with Crippen LogP contribution >= 0.6 is 0 Å². The molecule has 222 valence electrons. The molecule has 11 heteroatoms. The zero-order chi connectivity index (χ0) is 29.3. The summed E-state index contributed by atoms with van der Waals surface area (Å²) in [4.78, 5) is 30.3. The van der Waals surface area contributed by atoms with Gasteiger partial charge in [0, 0.05) is 37.3 Å². The fourth-order valence-electron chi connectivity index (χ4n) is 6.01. The Labute approximate surface area is 249 Å². The standard InChI is InChI=1S/C32H35N7O4/c1-19-34-25-12-10-20(16-27(25)42-19)23-18-33-29-28(23)31(43-22-8-4-5-9-22)37-32(36-29)35-24-13-11-21(17-26(24)41-2)30(40)38-39-14-6-3-7-15-39/h10-13,16-18,22H,3-9,14-15H2,1-2H3,(H,38,40)(H2,33,35,36,37). The zero-order valence-corrected chi connectivity index (χ0v) is 24.4. The number of aromatic amines is 1. The van der Waals surface area contributed by atoms with Crippen LogP contribution in [-0.2, 0) is 0 Å². The first-order chi connectivity index (χ1) is 21.0. The second kappa shape index (κ2) is 11.6. The Morgan fingerprint density at radius 2 is 1.86 bits per heavy atom. The Bertz CT molecular complexity index is 1780. The summed E-state index contributed by atoms with van der Waals surface area (Å²) in [6, 6.07) is 11.3. The van der Waals surface area contributed by atoms with Crippen LogP contribution < -0.4 is 20.2 Å². The number of nitrogens with zero attached hydrogens (tertiary/aromatic N) is 4. The van der Waals surface area contributed by atoms with E-state index in [0.29, 0.717) is 40.4 Å². The quantitative estimate of drug-likeness (QED) is 0.194. The summed E-state index contributed by atoms with van der Waals surface area (Å²) < 4.78 is 18.0. The zero-order valence-electron chi connectivity index (χ0n) is 24.4. The maximum Gasteiger partial charge on any atom is 0.265 e. The van der Waals surface area contributed by atoms with E-state index in [0.717, 1.165) is 79.2 Å². The van der Waals surface area contributed by atoms with Crippen molar-refractivity contribution in [2.45, 2.75) is 58.0 Å². The van der Waals surface area contributed by atoms with Gasteiger partial charge in [-0.15, -0.1) is 0 Å². The highest BCUT2D eigenvalue weighted by Gasteiger charge is 2.23. The predicted molar refractivity (Wildman–Crippen MR) is 164 cm³/mol. The molecule has 2 aliphatic rings. The van der Waals surface area contributed by atoms with Gasteiger partial charge in [0.05, 0.1) is 18.2 Å². The Morgan fingerprint density at radius 1 is 1.02 bits per heavy atom. The summed E-state index contributed by atoms with van der Waals surface area (Å²) in [5.74, 6) is 1.85. The summed E-state index contributed by atoms with van der Waals surface area (Å²) in [5.41, 5.74) is 8.22. The fourth-order valence-corrected chi connectivity index (χ4v) is 6.01. The molecule has 11 nitrogen and oxygen atoms in total. The number of fused-ring (bicyclic) bond motifs is 2. The van der Waals surface area contributed by atoms with Gasteiger partial charge in [0.1, 0.15) is 23.0 Å². The first-order valence-electron chi connectivity index (χ1n) is 15.0. The molecule has 4 heterocycles. The lowest BCUT2D eigenvalue weighted by molar-refractivity contribution is 0.0749. The van der Waals surface area contributed by atoms with Gasteiger partial charge in [-0.2, -0.15) is 9.97 Å². The average Bonchev–Trinajstić information content (AvgIpc) is 3.77. The van der Waals surface area contributed by atoms with E-state index >= 15 is 0 Å². The molecule has 5 aromatic rings. The second-order valence-corrected chi connectivity index (χ2v) is 11.2. The number of aromatic nitrogens is 4. The Kier molecular flexibility index (Phi) is 7.32. The number of ether oxygens (including phenoxy) is 2. The van der Waals surface area contributed by atoms with E-state index in [9.17, 15) is 4.79 Å². The van der Waals surface area contributed by atoms with Crippen LogP contribution in [0.3, 0.4) is 0 Å². The molecule has 43 heavy (non-hydrogen) atoms. The van der Waals surface area contributed by atoms with Crippen LogP contribution in [0.25, 0.3) is 33.3 Å². The number of benzene rings is 2. The number of hydrogen-bond acceptors (Lipinski definition) is 9. The van der Waals surface area contributed by atoms with E-state index in [2.05, 4.69) is 20.7 Å². The lowest BCUT2D eigenvalue weighted by Gasteiger charge is -2.26. The summed E-state index contributed by atoms with van der Waals surface area (Å²) in [6.45, 7) is 3.57. The number of aryl methyl sites for hydroxylation is 1. The van der Waals surface area contributed by atoms with Crippen molar-refractivity contribution in [1.29, 1.82) is 0 Å². The Hall–Kier alpha value is -4.64. The molecule has 2 fully saturated rings. The van der Waals surface area contributed by atoms with Gasteiger partial charge >= 0.3 is 0 Å². The van der Waals surface area contributed by atoms with Crippen LogP contribution in [0, 0.1) is 6.92 Å². The van der Waals surface area contributed by atoms with Gasteiger partial charge in [-0.3, -0.25) is 10.2 Å². The molecule has 1 saturated carbocycles. The lowest BCUT2D eigenvalue weighted by atomic mass is 10.1. The Morgan fingerprint density at radius 3 is 2.67 bits per heavy atom. The molecule has 0 unspecified atom stereocenters. The minimum absolute atomic E-state index is 0.0975. The first kappa shape index (κ1) is 27.2. The lowest BCUT2D eigenvalue weighted by Crippen LogP contribution is -2.45. The minimum atomic E-state index is -0.158. The highest BCUT2D eigenvalue weighted by atomic mass is 16.5. The Balaban J connectivity index is 1.21. The molecular formula is C32H35N7O4. The first-order valence-corrected chi connectivity index (χ1v) is 15.0. The molecule has 0 atom stereocenters. The fraction of sp³-hybridized carbons (Fsp3) is 0.375. The van der Waals surface area contributed by atoms with Gasteiger partial charge < -0.3 is 24.2 Å². The van der Waals surface area contributed by atoms with Crippen molar-refractivity contribution in [1.82, 2.24) is 30.4 Å². The number of amides is 1. The normalized spacial score (nSPS) is 16.1. The molecule has 1 aliphatic heterocycles. The van der Waals surface area contributed by atoms with Crippen LogP contribution in [0.2, 0.25) is 0 Å². The number of carbonyl (C=O) groups excluding carboxylic acids is 1. The van der Waals surface area contributed by atoms with Crippen LogP contribution in [0.5, 0.6) is 11.6 Å². The van der Waals surface area contributed by atoms with E-state index in [4.69, 9.17) is 23.9 Å². The van der Waals surface area contributed by atoms with Crippen LogP contribution in [0.15, 0.2) is 47.0 Å². The highest BCUT2D eigenvalue weighted by molar-refractivity contribution is 5.99. The third-order valence-electron chi connectivity index (χ3n) is 8.21. The van der Waals surface area contributed by atoms with Crippen molar-refractivity contribution in [2.24, 2.45) is 0 Å². The van der Waals surface area contributed by atoms with Gasteiger partial charge in [0.25, 0.3) is 5.91 Å². The number of oxazole rings is 1. The van der Waals surface area contributed by atoms with Gasteiger partial charge in [0.2, 0.25) is 11.8 Å². The molecular weight excluding hydrogens is 546 g/mol. The third kappa shape index (κ3) is 5.60. The monoisotopic (exact) mass is 581 g/mol. The maximum atomic E-state index is 12.9. The van der Waals surface area contributed by atoms with Gasteiger partial charge in [-0.25, -0.2) is 9.99 Å². The molecule has 1 aliphatic carbocycles. The van der Waals surface area contributed by atoms with E-state index in [1.54, 1.807) is 19.2 Å². The average molecular weight is 582 g/mol. The van der Waals surface area contributed by atoms with Crippen LogP contribution in [0.1, 0.15) is 61.2 Å². The SMILES string of the molecule is COc1cc(C(=O)NN2CCCCC2)ccc1Nc1nc(OC2CCCC2)c2c(-c3ccc4nc(C)oc4c3)c[nH]c2n1. The summed E-state index contributed by atoms with van der Waals surface area (Å²) in [5, 5.41) is 6.08. The van der Waals surface area contributed by atoms with Gasteiger partial charge in [0.15, 0.2) is 11.5 Å². The summed E-state index contributed by atoms with van der Waals surface area (Å²) in [7, 11) is 1.58. The van der Waals surface area contributed by atoms with Crippen molar-refractivity contribution < 1.29 is 18.7 Å². The number of nitrogens with one attached hydrogen (secondary N) is 3. The number of rotatable bonds is 8. The molecule has 1 saturated heterocycles. The van der Waals surface area contributed by atoms with Crippen molar-refractivity contribution in [3.05, 3.63) is 54.0 Å². The number of hydrogen-bond donors (Lipinski definition) is 3. The van der Waals surface area contributed by atoms with E-state index in [1.165, 1.54) is 6.42 Å². The number of anilines is 2. The number of H-pyrrole nitrogens is 1. The molecule has 3 N–H and O–H groups in total. The van der Waals surface area contributed by atoms with Gasteiger partial charge in [-0.1, -0.05) is 12.5 Å². The van der Waals surface area contributed by atoms with E-state index < -0.39 is 0 Å². The molecule has 0 bridgehead atoms. The highest BCUT2D eigenvalue weighted by Crippen LogP contribution is 2.38. The topological polar surface area (TPSA) is 130 Å². The smallest absolute Gasteiger partial charge is 0.265 e. The number of carbonyl (C=O) groups is 1. The molecule has 1 amide bonds. The van der Waals surface area contributed by atoms with Crippen molar-refractivity contribution in [2.75, 3.05) is 25.5 Å². The number of piperidine rings is 1. The van der Waals surface area contributed by atoms with Crippen LogP contribution in [0.4, 0.5) is 11.6 Å². The molecule has 0 radical (unpaired) electrons. The number of hydrazine groups is 1. The van der Waals surface area contributed by atoms with Crippen molar-refractivity contribution in [3.8, 4) is 22.8 Å². The van der Waals surface area contributed by atoms with E-state index in [-0.39, 0.29) is 12.0 Å². The molecule has 7 rings (SSSR count). The van der Waals surface area contributed by atoms with Crippen molar-refractivity contribution in [3.63, 3.8) is 0 Å². The third-order valence-corrected chi connectivity index (χ3v) is 8.21. The molecule has 2 aromatic carbocycles. The molecule has 0 spiro atoms. The van der Waals surface area contributed by atoms with Gasteiger partial charge in [-0.05, 0) is 74.4 Å².